The summed E-state index contributed by atoms with van der Waals surface area (Å²) >= 11 is 0. The molecule has 0 saturated heterocycles. The van der Waals surface area contributed by atoms with Gasteiger partial charge < -0.3 is 5.11 Å². The topological polar surface area (TPSA) is 84.3 Å². The summed E-state index contributed by atoms with van der Waals surface area (Å²) in [7, 11) is -5.66. The van der Waals surface area contributed by atoms with Crippen LogP contribution in [0.2, 0.25) is 0 Å². The normalized spacial score (nSPS) is 12.6. The van der Waals surface area contributed by atoms with Gasteiger partial charge in [-0.25, -0.2) is 18.2 Å². The summed E-state index contributed by atoms with van der Waals surface area (Å²) in [5.74, 6) is -1.62. The first kappa shape index (κ1) is 14.3. The fourth-order valence-corrected chi connectivity index (χ4v) is 2.58. The van der Waals surface area contributed by atoms with E-state index in [1.165, 1.54) is 18.2 Å². The minimum Gasteiger partial charge on any atom is -0.477 e. The second kappa shape index (κ2) is 4.44. The fourth-order valence-electron chi connectivity index (χ4n) is 1.60. The maximum atomic E-state index is 12.6. The lowest BCUT2D eigenvalue weighted by Crippen LogP contribution is -2.24. The molecule has 1 aromatic heterocycles. The molecule has 2 rings (SSSR count). The van der Waals surface area contributed by atoms with Gasteiger partial charge in [0, 0.05) is 5.39 Å². The van der Waals surface area contributed by atoms with Gasteiger partial charge in [0.2, 0.25) is 0 Å². The highest BCUT2D eigenvalue weighted by atomic mass is 32.2. The molecule has 2 aromatic rings. The highest BCUT2D eigenvalue weighted by Crippen LogP contribution is 2.34. The van der Waals surface area contributed by atoms with Crippen LogP contribution in [0.5, 0.6) is 0 Å². The summed E-state index contributed by atoms with van der Waals surface area (Å²) < 4.78 is 60.9. The average Bonchev–Trinajstić information content (AvgIpc) is 2.35. The number of para-hydroxylation sites is 1. The van der Waals surface area contributed by atoms with E-state index in [0.717, 1.165) is 6.07 Å². The van der Waals surface area contributed by atoms with Crippen LogP contribution in [-0.4, -0.2) is 30.0 Å². The number of aromatic carboxylic acids is 1. The Labute approximate surface area is 110 Å². The molecular weight excluding hydrogens is 299 g/mol. The summed E-state index contributed by atoms with van der Waals surface area (Å²) in [6.07, 6.45) is 0. The Balaban J connectivity index is 2.91. The number of alkyl halides is 3. The Morgan fingerprint density at radius 1 is 1.20 bits per heavy atom. The van der Waals surface area contributed by atoms with Crippen molar-refractivity contribution >= 4 is 26.7 Å². The smallest absolute Gasteiger partial charge is 0.477 e. The third-order valence-electron chi connectivity index (χ3n) is 2.49. The van der Waals surface area contributed by atoms with Gasteiger partial charge in [-0.15, -0.1) is 0 Å². The largest absolute Gasteiger partial charge is 0.501 e. The predicted molar refractivity (Wildman–Crippen MR) is 61.9 cm³/mol. The number of aromatic nitrogens is 1. The van der Waals surface area contributed by atoms with Crippen molar-refractivity contribution in [2.45, 2.75) is 10.4 Å². The summed E-state index contributed by atoms with van der Waals surface area (Å²) in [6, 6.07) is 5.52. The average molecular weight is 305 g/mol. The molecule has 0 spiro atoms. The van der Waals surface area contributed by atoms with Crippen LogP contribution in [-0.2, 0) is 9.84 Å². The predicted octanol–water partition coefficient (Wildman–Crippen LogP) is 2.23. The molecule has 0 unspecified atom stereocenters. The number of hydrogen-bond acceptors (Lipinski definition) is 4. The number of hydrogen-bond donors (Lipinski definition) is 1. The van der Waals surface area contributed by atoms with Gasteiger partial charge in [0.1, 0.15) is 5.69 Å². The van der Waals surface area contributed by atoms with Gasteiger partial charge in [-0.1, -0.05) is 18.2 Å². The maximum Gasteiger partial charge on any atom is 0.501 e. The van der Waals surface area contributed by atoms with Crippen molar-refractivity contribution in [2.24, 2.45) is 0 Å². The first-order valence-electron chi connectivity index (χ1n) is 5.09. The quantitative estimate of drug-likeness (QED) is 0.919. The number of carboxylic acids is 1. The minimum absolute atomic E-state index is 0.143. The number of fused-ring (bicyclic) bond motifs is 1. The standard InChI is InChI=1S/C11H6F3NO4S/c12-11(13,14)20(18,19)9-5-8(10(16)17)15-7-4-2-1-3-6(7)9/h1-5H,(H,16,17). The number of rotatable bonds is 2. The van der Waals surface area contributed by atoms with E-state index >= 15 is 0 Å². The van der Waals surface area contributed by atoms with Gasteiger partial charge in [0.15, 0.2) is 0 Å². The van der Waals surface area contributed by atoms with E-state index in [1.807, 2.05) is 0 Å². The molecule has 1 N–H and O–H groups in total. The highest BCUT2D eigenvalue weighted by Gasteiger charge is 2.48. The van der Waals surface area contributed by atoms with E-state index in [9.17, 15) is 26.4 Å². The van der Waals surface area contributed by atoms with E-state index in [1.54, 1.807) is 0 Å². The molecule has 20 heavy (non-hydrogen) atoms. The van der Waals surface area contributed by atoms with Gasteiger partial charge in [0.25, 0.3) is 9.84 Å². The Hall–Kier alpha value is -2.16. The van der Waals surface area contributed by atoms with Crippen molar-refractivity contribution < 1.29 is 31.5 Å². The molecule has 0 atom stereocenters. The lowest BCUT2D eigenvalue weighted by atomic mass is 10.2. The number of carboxylic acid groups (broad SMARTS) is 1. The van der Waals surface area contributed by atoms with Gasteiger partial charge in [0.05, 0.1) is 10.4 Å². The van der Waals surface area contributed by atoms with Crippen LogP contribution in [0.15, 0.2) is 35.2 Å². The summed E-state index contributed by atoms with van der Waals surface area (Å²) in [5.41, 5.74) is -6.44. The Morgan fingerprint density at radius 2 is 1.80 bits per heavy atom. The van der Waals surface area contributed by atoms with Gasteiger partial charge in [-0.05, 0) is 12.1 Å². The van der Waals surface area contributed by atoms with E-state index in [4.69, 9.17) is 5.11 Å². The monoisotopic (exact) mass is 305 g/mol. The second-order valence-electron chi connectivity index (χ2n) is 3.78. The SMILES string of the molecule is O=C(O)c1cc(S(=O)(=O)C(F)(F)F)c2ccccc2n1. The van der Waals surface area contributed by atoms with E-state index in [2.05, 4.69) is 4.98 Å². The molecule has 1 aromatic carbocycles. The zero-order valence-electron chi connectivity index (χ0n) is 9.55. The fraction of sp³-hybridized carbons (Fsp3) is 0.0909. The summed E-state index contributed by atoms with van der Waals surface area (Å²) in [6.45, 7) is 0. The van der Waals surface area contributed by atoms with Gasteiger partial charge >= 0.3 is 11.5 Å². The molecule has 0 bridgehead atoms. The highest BCUT2D eigenvalue weighted by molar-refractivity contribution is 7.92. The third kappa shape index (κ3) is 2.20. The Kier molecular flexibility index (Phi) is 3.17. The van der Waals surface area contributed by atoms with Crippen molar-refractivity contribution in [1.82, 2.24) is 4.98 Å². The number of benzene rings is 1. The first-order chi connectivity index (χ1) is 9.14. The van der Waals surface area contributed by atoms with Gasteiger partial charge in [-0.3, -0.25) is 0 Å². The zero-order valence-corrected chi connectivity index (χ0v) is 10.4. The molecule has 0 aliphatic heterocycles. The molecule has 0 radical (unpaired) electrons. The Morgan fingerprint density at radius 3 is 2.35 bits per heavy atom. The lowest BCUT2D eigenvalue weighted by molar-refractivity contribution is -0.0435. The van der Waals surface area contributed by atoms with E-state index < -0.39 is 31.9 Å². The number of sulfone groups is 1. The molecule has 0 aliphatic rings. The lowest BCUT2D eigenvalue weighted by Gasteiger charge is -2.11. The van der Waals surface area contributed by atoms with Crippen LogP contribution in [0.25, 0.3) is 10.9 Å². The zero-order chi connectivity index (χ0) is 15.1. The van der Waals surface area contributed by atoms with E-state index in [-0.39, 0.29) is 10.9 Å². The number of pyridine rings is 1. The van der Waals surface area contributed by atoms with Crippen LogP contribution < -0.4 is 0 Å². The molecule has 0 saturated carbocycles. The van der Waals surface area contributed by atoms with Crippen LogP contribution in [0.4, 0.5) is 13.2 Å². The van der Waals surface area contributed by atoms with Gasteiger partial charge in [-0.2, -0.15) is 13.2 Å². The minimum atomic E-state index is -5.66. The molecule has 1 heterocycles. The molecule has 0 fully saturated rings. The van der Waals surface area contributed by atoms with Crippen LogP contribution >= 0.6 is 0 Å². The van der Waals surface area contributed by atoms with Crippen molar-refractivity contribution in [1.29, 1.82) is 0 Å². The summed E-state index contributed by atoms with van der Waals surface area (Å²) in [4.78, 5) is 13.3. The number of halogens is 3. The van der Waals surface area contributed by atoms with E-state index in [0.29, 0.717) is 6.07 Å². The van der Waals surface area contributed by atoms with Crippen molar-refractivity contribution in [3.8, 4) is 0 Å². The van der Waals surface area contributed by atoms with Crippen molar-refractivity contribution in [3.05, 3.63) is 36.0 Å². The number of carbonyl (C=O) groups is 1. The molecule has 0 amide bonds. The molecule has 5 nitrogen and oxygen atoms in total. The summed E-state index contributed by atoms with van der Waals surface area (Å²) in [5, 5.41) is 8.52. The van der Waals surface area contributed by atoms with Crippen molar-refractivity contribution in [2.75, 3.05) is 0 Å². The van der Waals surface area contributed by atoms with Crippen LogP contribution in [0.3, 0.4) is 0 Å². The molecule has 0 aliphatic carbocycles. The molecule has 106 valence electrons. The molecule has 9 heteroatoms. The third-order valence-corrected chi connectivity index (χ3v) is 4.02. The molecular formula is C11H6F3NO4S. The van der Waals surface area contributed by atoms with Crippen LogP contribution in [0, 0.1) is 0 Å². The van der Waals surface area contributed by atoms with Crippen molar-refractivity contribution in [3.63, 3.8) is 0 Å². The Bertz CT molecular complexity index is 799. The first-order valence-corrected chi connectivity index (χ1v) is 6.57. The number of nitrogens with zero attached hydrogens (tertiary/aromatic N) is 1. The maximum absolute atomic E-state index is 12.6. The van der Waals surface area contributed by atoms with Crippen LogP contribution in [0.1, 0.15) is 10.5 Å². The second-order valence-corrected chi connectivity index (χ2v) is 5.69.